The molecule has 0 saturated heterocycles. The monoisotopic (exact) mass is 152 g/mol. The molecule has 1 nitrogen and oxygen atoms in total. The smallest absolute Gasteiger partial charge is 0.136 e. The maximum absolute atomic E-state index is 10.5. The first-order chi connectivity index (χ1) is 3.54. The van der Waals surface area contributed by atoms with Gasteiger partial charge in [0.1, 0.15) is 10.1 Å². The van der Waals surface area contributed by atoms with Crippen molar-refractivity contribution in [3.8, 4) is 0 Å². The Morgan fingerprint density at radius 1 is 1.75 bits per heavy atom. The Bertz CT molecular complexity index is 130. The minimum atomic E-state index is -0.716. The summed E-state index contributed by atoms with van der Waals surface area (Å²) in [5, 5.41) is 0. The van der Waals surface area contributed by atoms with Crippen LogP contribution < -0.4 is 0 Å². The van der Waals surface area contributed by atoms with E-state index in [2.05, 4.69) is 0 Å². The third-order valence-electron chi connectivity index (χ3n) is 1.32. The van der Waals surface area contributed by atoms with Crippen molar-refractivity contribution in [3.63, 3.8) is 0 Å². The highest BCUT2D eigenvalue weighted by molar-refractivity contribution is 6.52. The number of carbonyl (C=O) groups excluding carboxylic acids is 1. The summed E-state index contributed by atoms with van der Waals surface area (Å²) in [5.41, 5.74) is 0. The molecule has 0 aliphatic heterocycles. The number of ketones is 1. The Hall–Kier alpha value is 0.250. The van der Waals surface area contributed by atoms with E-state index in [0.29, 0.717) is 6.42 Å². The van der Waals surface area contributed by atoms with Gasteiger partial charge in [-0.2, -0.15) is 0 Å². The molecule has 0 aromatic carbocycles. The van der Waals surface area contributed by atoms with E-state index >= 15 is 0 Å². The predicted octanol–water partition coefficient (Wildman–Crippen LogP) is 1.77. The lowest BCUT2D eigenvalue weighted by Gasteiger charge is -1.90. The summed E-state index contributed by atoms with van der Waals surface area (Å²) in [6, 6.07) is 0. The molecule has 1 rings (SSSR count). The normalized spacial score (nSPS) is 32.1. The van der Waals surface area contributed by atoms with Gasteiger partial charge in [-0.15, -0.1) is 23.2 Å². The number of rotatable bonds is 1. The van der Waals surface area contributed by atoms with Gasteiger partial charge in [-0.05, 0) is 13.3 Å². The van der Waals surface area contributed by atoms with Crippen LogP contribution in [0.15, 0.2) is 0 Å². The molecule has 1 aliphatic carbocycles. The summed E-state index contributed by atoms with van der Waals surface area (Å²) in [5.74, 6) is 0.000772. The highest BCUT2D eigenvalue weighted by atomic mass is 35.5. The zero-order valence-corrected chi connectivity index (χ0v) is 5.96. The lowest BCUT2D eigenvalue weighted by Crippen LogP contribution is -1.99. The molecule has 0 heterocycles. The minimum absolute atomic E-state index is 0.0918. The Morgan fingerprint density at radius 3 is 2.12 bits per heavy atom. The molecule has 0 aromatic rings. The van der Waals surface area contributed by atoms with E-state index in [0.717, 1.165) is 0 Å². The Labute approximate surface area is 58.0 Å². The fourth-order valence-corrected chi connectivity index (χ4v) is 1.27. The van der Waals surface area contributed by atoms with Crippen molar-refractivity contribution >= 4 is 29.0 Å². The molecule has 0 radical (unpaired) electrons. The van der Waals surface area contributed by atoms with Gasteiger partial charge in [0, 0.05) is 0 Å². The van der Waals surface area contributed by atoms with Gasteiger partial charge in [-0.1, -0.05) is 0 Å². The van der Waals surface area contributed by atoms with Crippen LogP contribution in [-0.4, -0.2) is 10.1 Å². The Morgan fingerprint density at radius 2 is 2.12 bits per heavy atom. The summed E-state index contributed by atoms with van der Waals surface area (Å²) in [7, 11) is 0. The second-order valence-corrected chi connectivity index (χ2v) is 3.67. The predicted molar refractivity (Wildman–Crippen MR) is 33.2 cm³/mol. The first-order valence-electron chi connectivity index (χ1n) is 2.42. The molecule has 1 atom stereocenters. The second kappa shape index (κ2) is 1.61. The summed E-state index contributed by atoms with van der Waals surface area (Å²) in [6.45, 7) is 1.51. The maximum atomic E-state index is 10.5. The van der Waals surface area contributed by atoms with Crippen LogP contribution in [0.4, 0.5) is 0 Å². The molecule has 46 valence electrons. The number of halogens is 2. The fourth-order valence-electron chi connectivity index (χ4n) is 0.654. The third kappa shape index (κ3) is 0.981. The molecule has 0 aromatic heterocycles. The van der Waals surface area contributed by atoms with Crippen LogP contribution >= 0.6 is 23.2 Å². The van der Waals surface area contributed by atoms with Gasteiger partial charge in [0.25, 0.3) is 0 Å². The van der Waals surface area contributed by atoms with Crippen molar-refractivity contribution in [3.05, 3.63) is 0 Å². The topological polar surface area (TPSA) is 17.1 Å². The van der Waals surface area contributed by atoms with Crippen LogP contribution in [0.3, 0.4) is 0 Å². The average Bonchev–Trinajstić information content (AvgIpc) is 2.13. The third-order valence-corrected chi connectivity index (χ3v) is 2.15. The Balaban J connectivity index is 2.48. The van der Waals surface area contributed by atoms with E-state index in [4.69, 9.17) is 23.2 Å². The van der Waals surface area contributed by atoms with Crippen molar-refractivity contribution in [2.24, 2.45) is 5.92 Å². The molecule has 0 bridgehead atoms. The van der Waals surface area contributed by atoms with Gasteiger partial charge in [-0.25, -0.2) is 0 Å². The SMILES string of the molecule is CC(=O)C1CC1(Cl)Cl. The zero-order chi connectivity index (χ0) is 6.36. The van der Waals surface area contributed by atoms with E-state index < -0.39 is 4.33 Å². The van der Waals surface area contributed by atoms with Crippen molar-refractivity contribution < 1.29 is 4.79 Å². The van der Waals surface area contributed by atoms with Gasteiger partial charge in [0.15, 0.2) is 0 Å². The summed E-state index contributed by atoms with van der Waals surface area (Å²) >= 11 is 11.1. The molecule has 0 spiro atoms. The van der Waals surface area contributed by atoms with Gasteiger partial charge in [0.05, 0.1) is 5.92 Å². The summed E-state index contributed by atoms with van der Waals surface area (Å²) in [6.07, 6.45) is 0.630. The van der Waals surface area contributed by atoms with Crippen LogP contribution in [0, 0.1) is 5.92 Å². The second-order valence-electron chi connectivity index (χ2n) is 2.13. The quantitative estimate of drug-likeness (QED) is 0.524. The van der Waals surface area contributed by atoms with Crippen LogP contribution in [0.25, 0.3) is 0 Å². The van der Waals surface area contributed by atoms with Crippen molar-refractivity contribution in [2.75, 3.05) is 0 Å². The standard InChI is InChI=1S/C5H6Cl2O/c1-3(8)4-2-5(4,6)7/h4H,2H2,1H3. The molecule has 1 fully saturated rings. The highest BCUT2D eigenvalue weighted by Gasteiger charge is 2.54. The Kier molecular flexibility index (Phi) is 1.28. The molecular formula is C5H6Cl2O. The largest absolute Gasteiger partial charge is 0.300 e. The average molecular weight is 153 g/mol. The molecule has 0 amide bonds. The lowest BCUT2D eigenvalue weighted by atomic mass is 10.3. The van der Waals surface area contributed by atoms with Crippen LogP contribution in [0.1, 0.15) is 13.3 Å². The first kappa shape index (κ1) is 6.37. The van der Waals surface area contributed by atoms with Gasteiger partial charge >= 0.3 is 0 Å². The molecule has 1 unspecified atom stereocenters. The van der Waals surface area contributed by atoms with Crippen molar-refractivity contribution in [1.82, 2.24) is 0 Å². The molecule has 1 saturated carbocycles. The van der Waals surface area contributed by atoms with Gasteiger partial charge in [0.2, 0.25) is 0 Å². The highest BCUT2D eigenvalue weighted by Crippen LogP contribution is 2.53. The molecule has 1 aliphatic rings. The lowest BCUT2D eigenvalue weighted by molar-refractivity contribution is -0.118. The van der Waals surface area contributed by atoms with Crippen LogP contribution in [0.2, 0.25) is 0 Å². The minimum Gasteiger partial charge on any atom is -0.300 e. The van der Waals surface area contributed by atoms with Crippen LogP contribution in [0.5, 0.6) is 0 Å². The molecule has 8 heavy (non-hydrogen) atoms. The molecule has 0 N–H and O–H groups in total. The van der Waals surface area contributed by atoms with E-state index in [9.17, 15) is 4.79 Å². The number of Topliss-reactive ketones (excluding diaryl/α,β-unsaturated/α-hetero) is 1. The fraction of sp³-hybridized carbons (Fsp3) is 0.800. The van der Waals surface area contributed by atoms with Gasteiger partial charge in [-0.3, -0.25) is 4.79 Å². The zero-order valence-electron chi connectivity index (χ0n) is 4.45. The first-order valence-corrected chi connectivity index (χ1v) is 3.18. The molecule has 3 heteroatoms. The van der Waals surface area contributed by atoms with Crippen LogP contribution in [-0.2, 0) is 4.79 Å². The molecular weight excluding hydrogens is 147 g/mol. The van der Waals surface area contributed by atoms with E-state index in [1.165, 1.54) is 6.92 Å². The number of hydrogen-bond donors (Lipinski definition) is 0. The summed E-state index contributed by atoms with van der Waals surface area (Å²) in [4.78, 5) is 10.5. The number of alkyl halides is 2. The van der Waals surface area contributed by atoms with Gasteiger partial charge < -0.3 is 0 Å². The summed E-state index contributed by atoms with van der Waals surface area (Å²) < 4.78 is -0.716. The maximum Gasteiger partial charge on any atom is 0.136 e. The number of carbonyl (C=O) groups is 1. The van der Waals surface area contributed by atoms with E-state index in [1.54, 1.807) is 0 Å². The van der Waals surface area contributed by atoms with E-state index in [-0.39, 0.29) is 11.7 Å². The van der Waals surface area contributed by atoms with Crippen molar-refractivity contribution in [2.45, 2.75) is 17.7 Å². The van der Waals surface area contributed by atoms with E-state index in [1.807, 2.05) is 0 Å². The van der Waals surface area contributed by atoms with Crippen molar-refractivity contribution in [1.29, 1.82) is 0 Å². The number of hydrogen-bond acceptors (Lipinski definition) is 1.